The molecule has 0 amide bonds. The predicted molar refractivity (Wildman–Crippen MR) is 65.0 cm³/mol. The van der Waals surface area contributed by atoms with E-state index < -0.39 is 0 Å². The Labute approximate surface area is 99.7 Å². The average molecular weight is 232 g/mol. The quantitative estimate of drug-likeness (QED) is 0.855. The van der Waals surface area contributed by atoms with Crippen molar-refractivity contribution in [1.29, 1.82) is 0 Å². The van der Waals surface area contributed by atoms with Crippen LogP contribution in [0.5, 0.6) is 0 Å². The van der Waals surface area contributed by atoms with Gasteiger partial charge in [0.15, 0.2) is 5.65 Å². The number of aliphatic hydroxyl groups is 1. The number of anilines is 1. The van der Waals surface area contributed by atoms with Gasteiger partial charge in [0, 0.05) is 25.9 Å². The maximum Gasteiger partial charge on any atom is 0.157 e. The van der Waals surface area contributed by atoms with Crippen molar-refractivity contribution in [2.75, 3.05) is 18.5 Å². The molecule has 0 atom stereocenters. The number of hydrogen-bond donors (Lipinski definition) is 1. The summed E-state index contributed by atoms with van der Waals surface area (Å²) in [4.78, 5) is 6.67. The van der Waals surface area contributed by atoms with Crippen LogP contribution in [0.3, 0.4) is 0 Å². The third-order valence-corrected chi connectivity index (χ3v) is 3.38. The Kier molecular flexibility index (Phi) is 2.48. The molecule has 0 aromatic carbocycles. The minimum atomic E-state index is -0.0846. The second-order valence-corrected chi connectivity index (χ2v) is 4.79. The molecule has 3 rings (SSSR count). The second kappa shape index (κ2) is 4.00. The van der Waals surface area contributed by atoms with Crippen molar-refractivity contribution in [1.82, 2.24) is 14.6 Å². The molecule has 1 N–H and O–H groups in total. The van der Waals surface area contributed by atoms with Gasteiger partial charge in [-0.15, -0.1) is 0 Å². The van der Waals surface area contributed by atoms with Crippen molar-refractivity contribution in [3.05, 3.63) is 24.5 Å². The molecule has 0 unspecified atom stereocenters. The van der Waals surface area contributed by atoms with E-state index in [0.717, 1.165) is 30.9 Å². The van der Waals surface area contributed by atoms with E-state index in [1.54, 1.807) is 10.7 Å². The summed E-state index contributed by atoms with van der Waals surface area (Å²) in [6, 6.07) is 3.86. The first kappa shape index (κ1) is 10.5. The van der Waals surface area contributed by atoms with Crippen LogP contribution in [0.1, 0.15) is 12.8 Å². The fraction of sp³-hybridized carbons (Fsp3) is 0.500. The highest BCUT2D eigenvalue weighted by atomic mass is 16.3. The lowest BCUT2D eigenvalue weighted by Crippen LogP contribution is -2.37. The molecule has 2 heterocycles. The van der Waals surface area contributed by atoms with Crippen LogP contribution in [-0.4, -0.2) is 39.4 Å². The molecule has 1 fully saturated rings. The fourth-order valence-corrected chi connectivity index (χ4v) is 2.35. The Morgan fingerprint density at radius 2 is 2.29 bits per heavy atom. The second-order valence-electron chi connectivity index (χ2n) is 4.79. The highest BCUT2D eigenvalue weighted by Crippen LogP contribution is 2.28. The average Bonchev–Trinajstić information content (AvgIpc) is 2.73. The van der Waals surface area contributed by atoms with Crippen LogP contribution in [0.25, 0.3) is 5.65 Å². The summed E-state index contributed by atoms with van der Waals surface area (Å²) in [6.45, 7) is 0.953. The van der Waals surface area contributed by atoms with Gasteiger partial charge in [0.2, 0.25) is 0 Å². The summed E-state index contributed by atoms with van der Waals surface area (Å²) in [6.07, 6.45) is 5.41. The van der Waals surface area contributed by atoms with Crippen molar-refractivity contribution in [3.63, 3.8) is 0 Å². The molecule has 2 aromatic heterocycles. The Bertz CT molecular complexity index is 518. The van der Waals surface area contributed by atoms with E-state index >= 15 is 0 Å². The standard InChI is InChI=1S/C12H16N4O/c1-15(8-9-6-10(17)7-9)11-3-5-16-12(14-11)2-4-13-16/h2-5,9-10,17H,6-8H2,1H3. The van der Waals surface area contributed by atoms with Gasteiger partial charge >= 0.3 is 0 Å². The van der Waals surface area contributed by atoms with Gasteiger partial charge < -0.3 is 10.0 Å². The van der Waals surface area contributed by atoms with Gasteiger partial charge in [-0.3, -0.25) is 0 Å². The van der Waals surface area contributed by atoms with Gasteiger partial charge in [-0.25, -0.2) is 9.50 Å². The number of aliphatic hydroxyl groups excluding tert-OH is 1. The largest absolute Gasteiger partial charge is 0.393 e. The predicted octanol–water partition coefficient (Wildman–Crippen LogP) is 0.936. The van der Waals surface area contributed by atoms with Crippen LogP contribution in [0, 0.1) is 5.92 Å². The van der Waals surface area contributed by atoms with Gasteiger partial charge in [-0.2, -0.15) is 5.10 Å². The SMILES string of the molecule is CN(CC1CC(O)C1)c1ccn2nccc2n1. The summed E-state index contributed by atoms with van der Waals surface area (Å²) in [5.41, 5.74) is 0.864. The molecule has 1 aliphatic rings. The Hall–Kier alpha value is -1.62. The van der Waals surface area contributed by atoms with E-state index in [0.29, 0.717) is 5.92 Å². The third-order valence-electron chi connectivity index (χ3n) is 3.38. The summed E-state index contributed by atoms with van der Waals surface area (Å²) < 4.78 is 1.75. The van der Waals surface area contributed by atoms with Gasteiger partial charge in [0.25, 0.3) is 0 Å². The Morgan fingerprint density at radius 3 is 3.06 bits per heavy atom. The molecule has 0 spiro atoms. The van der Waals surface area contributed by atoms with Crippen molar-refractivity contribution < 1.29 is 5.11 Å². The molecule has 1 aliphatic carbocycles. The lowest BCUT2D eigenvalue weighted by molar-refractivity contribution is 0.0464. The number of fused-ring (bicyclic) bond motifs is 1. The maximum absolute atomic E-state index is 9.27. The number of rotatable bonds is 3. The molecule has 0 radical (unpaired) electrons. The third kappa shape index (κ3) is 1.98. The zero-order valence-electron chi connectivity index (χ0n) is 9.82. The van der Waals surface area contributed by atoms with Gasteiger partial charge in [0.05, 0.1) is 12.3 Å². The van der Waals surface area contributed by atoms with Crippen molar-refractivity contribution >= 4 is 11.5 Å². The Morgan fingerprint density at radius 1 is 1.47 bits per heavy atom. The first-order chi connectivity index (χ1) is 8.22. The molecule has 0 bridgehead atoms. The topological polar surface area (TPSA) is 53.7 Å². The van der Waals surface area contributed by atoms with Gasteiger partial charge in [0.1, 0.15) is 5.82 Å². The Balaban J connectivity index is 1.73. The van der Waals surface area contributed by atoms with Crippen LogP contribution >= 0.6 is 0 Å². The highest BCUT2D eigenvalue weighted by Gasteiger charge is 2.28. The first-order valence-corrected chi connectivity index (χ1v) is 5.92. The molecular formula is C12H16N4O. The molecule has 90 valence electrons. The van der Waals surface area contributed by atoms with Crippen molar-refractivity contribution in [3.8, 4) is 0 Å². The molecule has 5 heteroatoms. The summed E-state index contributed by atoms with van der Waals surface area (Å²) >= 11 is 0. The molecule has 0 saturated heterocycles. The van der Waals surface area contributed by atoms with E-state index in [1.165, 1.54) is 0 Å². The number of hydrogen-bond acceptors (Lipinski definition) is 4. The van der Waals surface area contributed by atoms with E-state index in [2.05, 4.69) is 15.0 Å². The summed E-state index contributed by atoms with van der Waals surface area (Å²) in [5.74, 6) is 1.55. The van der Waals surface area contributed by atoms with Gasteiger partial charge in [-0.1, -0.05) is 0 Å². The van der Waals surface area contributed by atoms with Crippen LogP contribution in [0.15, 0.2) is 24.5 Å². The van der Waals surface area contributed by atoms with Crippen LogP contribution < -0.4 is 4.90 Å². The highest BCUT2D eigenvalue weighted by molar-refractivity contribution is 5.46. The van der Waals surface area contributed by atoms with Crippen molar-refractivity contribution in [2.45, 2.75) is 18.9 Å². The van der Waals surface area contributed by atoms with E-state index in [4.69, 9.17) is 0 Å². The number of aromatic nitrogens is 3. The van der Waals surface area contributed by atoms with E-state index in [9.17, 15) is 5.11 Å². The summed E-state index contributed by atoms with van der Waals surface area (Å²) in [7, 11) is 2.04. The van der Waals surface area contributed by atoms with E-state index in [1.807, 2.05) is 25.4 Å². The monoisotopic (exact) mass is 232 g/mol. The zero-order chi connectivity index (χ0) is 11.8. The molecular weight excluding hydrogens is 216 g/mol. The molecule has 1 saturated carbocycles. The van der Waals surface area contributed by atoms with Crippen LogP contribution in [0.2, 0.25) is 0 Å². The molecule has 5 nitrogen and oxygen atoms in total. The lowest BCUT2D eigenvalue weighted by Gasteiger charge is -2.34. The minimum Gasteiger partial charge on any atom is -0.393 e. The first-order valence-electron chi connectivity index (χ1n) is 5.92. The normalized spacial score (nSPS) is 23.6. The fourth-order valence-electron chi connectivity index (χ4n) is 2.35. The minimum absolute atomic E-state index is 0.0846. The zero-order valence-corrected chi connectivity index (χ0v) is 9.82. The van der Waals surface area contributed by atoms with Gasteiger partial charge in [-0.05, 0) is 24.8 Å². The summed E-state index contributed by atoms with van der Waals surface area (Å²) in [5, 5.41) is 13.4. The van der Waals surface area contributed by atoms with Crippen LogP contribution in [0.4, 0.5) is 5.82 Å². The maximum atomic E-state index is 9.27. The smallest absolute Gasteiger partial charge is 0.157 e. The molecule has 17 heavy (non-hydrogen) atoms. The van der Waals surface area contributed by atoms with Crippen LogP contribution in [-0.2, 0) is 0 Å². The molecule has 0 aliphatic heterocycles. The molecule has 2 aromatic rings. The number of nitrogens with zero attached hydrogens (tertiary/aromatic N) is 4. The van der Waals surface area contributed by atoms with E-state index in [-0.39, 0.29) is 6.10 Å². The van der Waals surface area contributed by atoms with Crippen molar-refractivity contribution in [2.24, 2.45) is 5.92 Å². The lowest BCUT2D eigenvalue weighted by atomic mass is 9.82.